The smallest absolute Gasteiger partial charge is 0.322 e. The molecule has 0 spiro atoms. The SMILES string of the molecule is Cc1ccc(S(=O)(=O)Nc2cccc(C(=O)Nc3nnc(-c4cccc(S(C)(=O)=O)c4)o3)c2)cc1. The molecule has 0 atom stereocenters. The van der Waals surface area contributed by atoms with Gasteiger partial charge in [0.2, 0.25) is 5.89 Å². The summed E-state index contributed by atoms with van der Waals surface area (Å²) in [6.45, 7) is 1.85. The van der Waals surface area contributed by atoms with E-state index >= 15 is 0 Å². The molecular weight excluding hydrogens is 492 g/mol. The van der Waals surface area contributed by atoms with E-state index in [-0.39, 0.29) is 32.9 Å². The van der Waals surface area contributed by atoms with Crippen molar-refractivity contribution in [2.75, 3.05) is 16.3 Å². The Kier molecular flexibility index (Phi) is 6.41. The third-order valence-corrected chi connectivity index (χ3v) is 7.37. The Bertz CT molecular complexity index is 1610. The maximum atomic E-state index is 12.7. The zero-order valence-corrected chi connectivity index (χ0v) is 20.2. The maximum absolute atomic E-state index is 12.7. The van der Waals surface area contributed by atoms with Crippen molar-refractivity contribution in [2.45, 2.75) is 16.7 Å². The van der Waals surface area contributed by atoms with Crippen LogP contribution >= 0.6 is 0 Å². The highest BCUT2D eigenvalue weighted by Crippen LogP contribution is 2.23. The molecule has 1 aromatic heterocycles. The van der Waals surface area contributed by atoms with E-state index in [2.05, 4.69) is 20.2 Å². The van der Waals surface area contributed by atoms with Crippen molar-refractivity contribution in [3.05, 3.63) is 83.9 Å². The number of rotatable bonds is 7. The number of carbonyl (C=O) groups excluding carboxylic acids is 1. The third kappa shape index (κ3) is 5.73. The molecule has 10 nitrogen and oxygen atoms in total. The Labute approximate surface area is 202 Å². The molecule has 4 rings (SSSR count). The highest BCUT2D eigenvalue weighted by atomic mass is 32.2. The van der Waals surface area contributed by atoms with Gasteiger partial charge in [0.05, 0.1) is 9.79 Å². The van der Waals surface area contributed by atoms with E-state index in [9.17, 15) is 21.6 Å². The van der Waals surface area contributed by atoms with Gasteiger partial charge < -0.3 is 4.42 Å². The summed E-state index contributed by atoms with van der Waals surface area (Å²) in [4.78, 5) is 12.9. The van der Waals surface area contributed by atoms with Crippen LogP contribution in [0.3, 0.4) is 0 Å². The lowest BCUT2D eigenvalue weighted by Crippen LogP contribution is -2.15. The highest BCUT2D eigenvalue weighted by Gasteiger charge is 2.17. The van der Waals surface area contributed by atoms with Gasteiger partial charge >= 0.3 is 6.01 Å². The van der Waals surface area contributed by atoms with Crippen LogP contribution in [0.2, 0.25) is 0 Å². The number of benzene rings is 3. The van der Waals surface area contributed by atoms with Gasteiger partial charge in [-0.3, -0.25) is 14.8 Å². The Balaban J connectivity index is 1.49. The first-order valence-corrected chi connectivity index (χ1v) is 13.5. The molecule has 1 amide bonds. The second-order valence-corrected chi connectivity index (χ2v) is 11.4. The average molecular weight is 513 g/mol. The molecule has 0 saturated heterocycles. The Morgan fingerprint density at radius 3 is 2.29 bits per heavy atom. The molecule has 0 radical (unpaired) electrons. The standard InChI is InChI=1S/C23H20N4O6S2/c1-15-9-11-19(12-10-15)35(31,32)27-18-7-3-5-16(13-18)21(28)24-23-26-25-22(33-23)17-6-4-8-20(14-17)34(2,29)30/h3-14,27H,1-2H3,(H,24,26,28). The van der Waals surface area contributed by atoms with Crippen molar-refractivity contribution in [3.63, 3.8) is 0 Å². The number of nitrogens with zero attached hydrogens (tertiary/aromatic N) is 2. The number of nitrogens with one attached hydrogen (secondary N) is 2. The van der Waals surface area contributed by atoms with Crippen molar-refractivity contribution in [1.82, 2.24) is 10.2 Å². The summed E-state index contributed by atoms with van der Waals surface area (Å²) < 4.78 is 56.7. The normalized spacial score (nSPS) is 11.7. The molecule has 1 heterocycles. The number of amides is 1. The van der Waals surface area contributed by atoms with E-state index < -0.39 is 25.8 Å². The molecule has 0 saturated carbocycles. The molecule has 0 aliphatic rings. The lowest BCUT2D eigenvalue weighted by Gasteiger charge is -2.09. The Morgan fingerprint density at radius 2 is 1.57 bits per heavy atom. The van der Waals surface area contributed by atoms with Crippen LogP contribution in [0, 0.1) is 6.92 Å². The van der Waals surface area contributed by atoms with Crippen LogP contribution in [0.15, 0.2) is 87.0 Å². The molecule has 12 heteroatoms. The minimum atomic E-state index is -3.84. The van der Waals surface area contributed by atoms with Crippen molar-refractivity contribution in [3.8, 4) is 11.5 Å². The zero-order chi connectivity index (χ0) is 25.2. The first-order chi connectivity index (χ1) is 16.5. The molecule has 4 aromatic rings. The quantitative estimate of drug-likeness (QED) is 0.382. The summed E-state index contributed by atoms with van der Waals surface area (Å²) in [5.41, 5.74) is 1.64. The van der Waals surface area contributed by atoms with E-state index in [1.807, 2.05) is 6.92 Å². The largest absolute Gasteiger partial charge is 0.403 e. The number of hydrogen-bond donors (Lipinski definition) is 2. The molecule has 0 unspecified atom stereocenters. The minimum absolute atomic E-state index is 0.0189. The first kappa shape index (κ1) is 24.1. The third-order valence-electron chi connectivity index (χ3n) is 4.86. The van der Waals surface area contributed by atoms with E-state index in [1.54, 1.807) is 18.2 Å². The van der Waals surface area contributed by atoms with Gasteiger partial charge in [-0.05, 0) is 55.5 Å². The number of hydrogen-bond acceptors (Lipinski definition) is 8. The van der Waals surface area contributed by atoms with Crippen molar-refractivity contribution in [1.29, 1.82) is 0 Å². The van der Waals surface area contributed by atoms with Crippen LogP contribution in [0.25, 0.3) is 11.5 Å². The molecule has 35 heavy (non-hydrogen) atoms. The van der Waals surface area contributed by atoms with Crippen LogP contribution in [0.1, 0.15) is 15.9 Å². The summed E-state index contributed by atoms with van der Waals surface area (Å²) in [7, 11) is -7.27. The zero-order valence-electron chi connectivity index (χ0n) is 18.6. The van der Waals surface area contributed by atoms with Crippen LogP contribution in [-0.4, -0.2) is 39.2 Å². The predicted octanol–water partition coefficient (Wildman–Crippen LogP) is 3.50. The lowest BCUT2D eigenvalue weighted by atomic mass is 10.2. The number of aromatic nitrogens is 2. The molecule has 2 N–H and O–H groups in total. The second-order valence-electron chi connectivity index (χ2n) is 7.67. The molecule has 0 fully saturated rings. The topological polar surface area (TPSA) is 148 Å². The number of aryl methyl sites for hydroxylation is 1. The minimum Gasteiger partial charge on any atom is -0.403 e. The van der Waals surface area contributed by atoms with E-state index in [4.69, 9.17) is 4.42 Å². The van der Waals surface area contributed by atoms with Crippen LogP contribution < -0.4 is 10.0 Å². The molecule has 180 valence electrons. The van der Waals surface area contributed by atoms with Crippen molar-refractivity contribution < 1.29 is 26.0 Å². The van der Waals surface area contributed by atoms with Gasteiger partial charge in [-0.15, -0.1) is 5.10 Å². The van der Waals surface area contributed by atoms with Gasteiger partial charge in [-0.25, -0.2) is 16.8 Å². The summed E-state index contributed by atoms with van der Waals surface area (Å²) in [5.74, 6) is -0.591. The van der Waals surface area contributed by atoms with Gasteiger partial charge in [0.1, 0.15) is 0 Å². The van der Waals surface area contributed by atoms with Gasteiger partial charge in [-0.1, -0.05) is 34.9 Å². The summed E-state index contributed by atoms with van der Waals surface area (Å²) in [6, 6.07) is 18.0. The van der Waals surface area contributed by atoms with Crippen molar-refractivity contribution in [2.24, 2.45) is 0 Å². The average Bonchev–Trinajstić information content (AvgIpc) is 3.27. The summed E-state index contributed by atoms with van der Waals surface area (Å²) in [5, 5.41) is 10.1. The number of sulfone groups is 1. The van der Waals surface area contributed by atoms with Gasteiger partial charge in [-0.2, -0.15) is 0 Å². The molecule has 0 aliphatic carbocycles. The lowest BCUT2D eigenvalue weighted by molar-refractivity contribution is 0.102. The Hall–Kier alpha value is -4.03. The summed E-state index contributed by atoms with van der Waals surface area (Å²) in [6.07, 6.45) is 1.08. The first-order valence-electron chi connectivity index (χ1n) is 10.2. The Morgan fingerprint density at radius 1 is 0.857 bits per heavy atom. The fourth-order valence-corrected chi connectivity index (χ4v) is 4.79. The number of carbonyl (C=O) groups is 1. The number of anilines is 2. The monoisotopic (exact) mass is 512 g/mol. The van der Waals surface area contributed by atoms with Crippen molar-refractivity contribution >= 4 is 37.5 Å². The van der Waals surface area contributed by atoms with Gasteiger partial charge in [0.15, 0.2) is 9.84 Å². The fraction of sp³-hybridized carbons (Fsp3) is 0.0870. The summed E-state index contributed by atoms with van der Waals surface area (Å²) >= 11 is 0. The van der Waals surface area contributed by atoms with E-state index in [0.29, 0.717) is 5.56 Å². The number of sulfonamides is 1. The second kappa shape index (κ2) is 9.31. The maximum Gasteiger partial charge on any atom is 0.322 e. The molecular formula is C23H20N4O6S2. The van der Waals surface area contributed by atoms with E-state index in [0.717, 1.165) is 11.8 Å². The van der Waals surface area contributed by atoms with Crippen LogP contribution in [0.4, 0.5) is 11.7 Å². The van der Waals surface area contributed by atoms with Crippen LogP contribution in [-0.2, 0) is 19.9 Å². The van der Waals surface area contributed by atoms with Gasteiger partial charge in [0, 0.05) is 23.1 Å². The van der Waals surface area contributed by atoms with E-state index in [1.165, 1.54) is 54.6 Å². The molecule has 0 bridgehead atoms. The predicted molar refractivity (Wildman–Crippen MR) is 129 cm³/mol. The highest BCUT2D eigenvalue weighted by molar-refractivity contribution is 7.92. The van der Waals surface area contributed by atoms with Crippen LogP contribution in [0.5, 0.6) is 0 Å². The molecule has 3 aromatic carbocycles. The fourth-order valence-electron chi connectivity index (χ4n) is 3.07. The molecule has 0 aliphatic heterocycles. The van der Waals surface area contributed by atoms with Gasteiger partial charge in [0.25, 0.3) is 15.9 Å².